The van der Waals surface area contributed by atoms with E-state index >= 15 is 0 Å². The fourth-order valence-corrected chi connectivity index (χ4v) is 3.72. The Balaban J connectivity index is 1.61. The first-order valence-electron chi connectivity index (χ1n) is 8.32. The topological polar surface area (TPSA) is 65.1 Å². The van der Waals surface area contributed by atoms with E-state index in [1.807, 2.05) is 25.1 Å². The van der Waals surface area contributed by atoms with Crippen molar-refractivity contribution < 1.29 is 0 Å². The van der Waals surface area contributed by atoms with Crippen LogP contribution < -0.4 is 5.56 Å². The molecule has 4 rings (SSSR count). The third kappa shape index (κ3) is 3.11. The molecule has 1 aliphatic carbocycles. The third-order valence-corrected chi connectivity index (χ3v) is 5.29. The van der Waals surface area contributed by atoms with Crippen LogP contribution in [0.15, 0.2) is 47.0 Å². The summed E-state index contributed by atoms with van der Waals surface area (Å²) in [4.78, 5) is 16.9. The van der Waals surface area contributed by atoms with Crippen molar-refractivity contribution in [3.05, 3.63) is 64.5 Å². The molecule has 0 N–H and O–H groups in total. The SMILES string of the molecule is C=CCn1c(SCc2cc(=O)n3cccc(C)c3n2)nnc1C1CC1. The van der Waals surface area contributed by atoms with Crippen LogP contribution in [0.5, 0.6) is 0 Å². The van der Waals surface area contributed by atoms with Crippen LogP contribution in [-0.4, -0.2) is 24.1 Å². The van der Waals surface area contributed by atoms with Crippen molar-refractivity contribution in [3.63, 3.8) is 0 Å². The highest BCUT2D eigenvalue weighted by atomic mass is 32.2. The van der Waals surface area contributed by atoms with Gasteiger partial charge in [-0.15, -0.1) is 16.8 Å². The summed E-state index contributed by atoms with van der Waals surface area (Å²) < 4.78 is 3.70. The van der Waals surface area contributed by atoms with Crippen LogP contribution in [0, 0.1) is 6.92 Å². The summed E-state index contributed by atoms with van der Waals surface area (Å²) in [7, 11) is 0. The maximum absolute atomic E-state index is 12.3. The van der Waals surface area contributed by atoms with Crippen LogP contribution in [0.1, 0.15) is 35.8 Å². The Morgan fingerprint density at radius 2 is 2.24 bits per heavy atom. The van der Waals surface area contributed by atoms with Crippen molar-refractivity contribution in [2.24, 2.45) is 0 Å². The Kier molecular flexibility index (Phi) is 4.17. The molecule has 0 amide bonds. The van der Waals surface area contributed by atoms with Gasteiger partial charge in [-0.3, -0.25) is 9.20 Å². The van der Waals surface area contributed by atoms with Crippen molar-refractivity contribution in [2.75, 3.05) is 0 Å². The van der Waals surface area contributed by atoms with Crippen molar-refractivity contribution >= 4 is 17.4 Å². The molecule has 3 aromatic heterocycles. The number of allylic oxidation sites excluding steroid dienone is 1. The smallest absolute Gasteiger partial charge is 0.258 e. The van der Waals surface area contributed by atoms with E-state index in [-0.39, 0.29) is 5.56 Å². The Hall–Kier alpha value is -2.41. The summed E-state index contributed by atoms with van der Waals surface area (Å²) in [5, 5.41) is 9.53. The molecule has 6 nitrogen and oxygen atoms in total. The van der Waals surface area contributed by atoms with Crippen LogP contribution in [0.25, 0.3) is 5.65 Å². The summed E-state index contributed by atoms with van der Waals surface area (Å²) in [6.45, 7) is 6.49. The number of hydrogen-bond acceptors (Lipinski definition) is 5. The zero-order chi connectivity index (χ0) is 17.4. The predicted octanol–water partition coefficient (Wildman–Crippen LogP) is 2.95. The number of pyridine rings is 1. The lowest BCUT2D eigenvalue weighted by molar-refractivity contribution is 0.681. The molecule has 0 unspecified atom stereocenters. The van der Waals surface area contributed by atoms with E-state index < -0.39 is 0 Å². The largest absolute Gasteiger partial charge is 0.302 e. The molecule has 0 atom stereocenters. The molecule has 1 fully saturated rings. The standard InChI is InChI=1S/C18H19N5OS/c1-3-8-23-17(13-6-7-13)20-21-18(23)25-11-14-10-15(24)22-9-4-5-12(2)16(22)19-14/h3-5,9-10,13H,1,6-8,11H2,2H3. The second-order valence-electron chi connectivity index (χ2n) is 6.27. The van der Waals surface area contributed by atoms with Crippen LogP contribution in [-0.2, 0) is 12.3 Å². The zero-order valence-electron chi connectivity index (χ0n) is 14.1. The zero-order valence-corrected chi connectivity index (χ0v) is 14.9. The quantitative estimate of drug-likeness (QED) is 0.503. The molecule has 0 aliphatic heterocycles. The van der Waals surface area contributed by atoms with Gasteiger partial charge in [0.1, 0.15) is 11.5 Å². The number of rotatable bonds is 6. The van der Waals surface area contributed by atoms with Crippen molar-refractivity contribution in [2.45, 2.75) is 43.1 Å². The Labute approximate surface area is 149 Å². The normalized spacial score (nSPS) is 14.1. The van der Waals surface area contributed by atoms with E-state index in [4.69, 9.17) is 0 Å². The van der Waals surface area contributed by atoms with E-state index in [1.54, 1.807) is 28.4 Å². The maximum atomic E-state index is 12.3. The average molecular weight is 353 g/mol. The van der Waals surface area contributed by atoms with Crippen molar-refractivity contribution in [1.29, 1.82) is 0 Å². The number of fused-ring (bicyclic) bond motifs is 1. The highest BCUT2D eigenvalue weighted by molar-refractivity contribution is 7.98. The fraction of sp³-hybridized carbons (Fsp3) is 0.333. The lowest BCUT2D eigenvalue weighted by atomic mass is 10.3. The van der Waals surface area contributed by atoms with Crippen molar-refractivity contribution in [1.82, 2.24) is 24.1 Å². The van der Waals surface area contributed by atoms with Gasteiger partial charge in [0.15, 0.2) is 5.16 Å². The molecule has 0 aromatic carbocycles. The van der Waals surface area contributed by atoms with Gasteiger partial charge in [0, 0.05) is 30.5 Å². The van der Waals surface area contributed by atoms with E-state index in [1.165, 1.54) is 12.8 Å². The molecule has 0 bridgehead atoms. The van der Waals surface area contributed by atoms with Gasteiger partial charge < -0.3 is 4.57 Å². The summed E-state index contributed by atoms with van der Waals surface area (Å²) in [5.74, 6) is 2.16. The number of aromatic nitrogens is 5. The van der Waals surface area contributed by atoms with E-state index in [0.717, 1.165) is 22.2 Å². The molecule has 3 heterocycles. The number of hydrogen-bond donors (Lipinski definition) is 0. The number of aryl methyl sites for hydroxylation is 1. The molecule has 0 spiro atoms. The minimum atomic E-state index is -0.0597. The Morgan fingerprint density at radius 1 is 1.40 bits per heavy atom. The van der Waals surface area contributed by atoms with Gasteiger partial charge >= 0.3 is 0 Å². The predicted molar refractivity (Wildman–Crippen MR) is 98.0 cm³/mol. The molecule has 0 saturated heterocycles. The summed E-state index contributed by atoms with van der Waals surface area (Å²) >= 11 is 1.56. The van der Waals surface area contributed by atoms with Crippen LogP contribution >= 0.6 is 11.8 Å². The number of thioether (sulfide) groups is 1. The molecule has 1 aliphatic rings. The minimum absolute atomic E-state index is 0.0597. The van der Waals surface area contributed by atoms with Crippen molar-refractivity contribution in [3.8, 4) is 0 Å². The van der Waals surface area contributed by atoms with Crippen LogP contribution in [0.3, 0.4) is 0 Å². The average Bonchev–Trinajstić information content (AvgIpc) is 3.37. The Bertz CT molecular complexity index is 1000. The summed E-state index contributed by atoms with van der Waals surface area (Å²) in [6, 6.07) is 5.41. The molecule has 25 heavy (non-hydrogen) atoms. The fourth-order valence-electron chi connectivity index (χ4n) is 2.87. The monoisotopic (exact) mass is 353 g/mol. The van der Waals surface area contributed by atoms with Gasteiger partial charge in [-0.2, -0.15) is 0 Å². The molecule has 3 aromatic rings. The Morgan fingerprint density at radius 3 is 3.00 bits per heavy atom. The van der Waals surface area contributed by atoms with Gasteiger partial charge in [-0.1, -0.05) is 23.9 Å². The molecular weight excluding hydrogens is 334 g/mol. The molecular formula is C18H19N5OS. The maximum Gasteiger partial charge on any atom is 0.258 e. The first kappa shape index (κ1) is 16.1. The highest BCUT2D eigenvalue weighted by Gasteiger charge is 2.30. The highest BCUT2D eigenvalue weighted by Crippen LogP contribution is 2.40. The van der Waals surface area contributed by atoms with Crippen LogP contribution in [0.2, 0.25) is 0 Å². The lowest BCUT2D eigenvalue weighted by Crippen LogP contribution is -2.15. The molecule has 7 heteroatoms. The van der Waals surface area contributed by atoms with Gasteiger partial charge in [0.25, 0.3) is 5.56 Å². The molecule has 0 radical (unpaired) electrons. The van der Waals surface area contributed by atoms with Gasteiger partial charge in [0.2, 0.25) is 0 Å². The summed E-state index contributed by atoms with van der Waals surface area (Å²) in [6.07, 6.45) is 5.98. The van der Waals surface area contributed by atoms with Gasteiger partial charge in [0.05, 0.1) is 5.69 Å². The van der Waals surface area contributed by atoms with Gasteiger partial charge in [-0.05, 0) is 31.4 Å². The second kappa shape index (κ2) is 6.48. The van der Waals surface area contributed by atoms with Gasteiger partial charge in [-0.25, -0.2) is 4.98 Å². The third-order valence-electron chi connectivity index (χ3n) is 4.29. The second-order valence-corrected chi connectivity index (χ2v) is 7.22. The van der Waals surface area contributed by atoms with E-state index in [9.17, 15) is 4.79 Å². The lowest BCUT2D eigenvalue weighted by Gasteiger charge is -2.08. The minimum Gasteiger partial charge on any atom is -0.302 e. The first-order valence-corrected chi connectivity index (χ1v) is 9.30. The first-order chi connectivity index (χ1) is 12.2. The molecule has 1 saturated carbocycles. The van der Waals surface area contributed by atoms with Crippen LogP contribution in [0.4, 0.5) is 0 Å². The van der Waals surface area contributed by atoms with E-state index in [2.05, 4.69) is 26.3 Å². The molecule has 128 valence electrons. The number of nitrogens with zero attached hydrogens (tertiary/aromatic N) is 5. The summed E-state index contributed by atoms with van der Waals surface area (Å²) in [5.41, 5.74) is 2.38. The van der Waals surface area contributed by atoms with E-state index in [0.29, 0.717) is 23.9 Å².